The molecule has 0 aromatic carbocycles. The summed E-state index contributed by atoms with van der Waals surface area (Å²) >= 11 is 0. The van der Waals surface area contributed by atoms with Crippen LogP contribution in [0, 0.1) is 11.3 Å². The van der Waals surface area contributed by atoms with E-state index in [4.69, 9.17) is 15.2 Å². The van der Waals surface area contributed by atoms with Gasteiger partial charge >= 0.3 is 6.18 Å². The van der Waals surface area contributed by atoms with Crippen LogP contribution in [-0.2, 0) is 33.4 Å². The van der Waals surface area contributed by atoms with Crippen LogP contribution >= 0.6 is 0 Å². The number of likely N-dealkylation sites (tertiary alicyclic amines) is 1. The number of amides is 1. The molecule has 10 nitrogen and oxygen atoms in total. The van der Waals surface area contributed by atoms with Crippen molar-refractivity contribution in [3.63, 3.8) is 0 Å². The molecule has 1 amide bonds. The van der Waals surface area contributed by atoms with Gasteiger partial charge in [0.25, 0.3) is 0 Å². The summed E-state index contributed by atoms with van der Waals surface area (Å²) in [5.74, 6) is -0.203. The second kappa shape index (κ2) is 9.91. The quantitative estimate of drug-likeness (QED) is 0.231. The van der Waals surface area contributed by atoms with Crippen LogP contribution in [0.4, 0.5) is 13.2 Å². The molecule has 5 atom stereocenters. The third-order valence-electron chi connectivity index (χ3n) is 8.44. The van der Waals surface area contributed by atoms with Crippen LogP contribution in [0.15, 0.2) is 17.4 Å². The van der Waals surface area contributed by atoms with Crippen LogP contribution < -0.4 is 11.1 Å². The molecule has 0 radical (unpaired) electrons. The molecule has 3 fully saturated rings. The van der Waals surface area contributed by atoms with E-state index >= 15 is 0 Å². The molecule has 0 unspecified atom stereocenters. The van der Waals surface area contributed by atoms with E-state index in [1.165, 1.54) is 0 Å². The molecule has 1 aliphatic carbocycles. The fraction of sp³-hybridized carbons (Fsp3) is 0.708. The van der Waals surface area contributed by atoms with Crippen molar-refractivity contribution in [2.45, 2.75) is 56.6 Å². The van der Waals surface area contributed by atoms with Crippen molar-refractivity contribution in [2.75, 3.05) is 40.0 Å². The highest BCUT2D eigenvalue weighted by Gasteiger charge is 2.59. The van der Waals surface area contributed by atoms with Crippen molar-refractivity contribution >= 4 is 11.9 Å². The lowest BCUT2D eigenvalue weighted by atomic mass is 9.78. The van der Waals surface area contributed by atoms with Crippen LogP contribution in [0.25, 0.3) is 0 Å². The summed E-state index contributed by atoms with van der Waals surface area (Å²) in [5.41, 5.74) is 5.30. The second-order valence-electron chi connectivity index (χ2n) is 10.5. The summed E-state index contributed by atoms with van der Waals surface area (Å²) < 4.78 is 51.0. The third kappa shape index (κ3) is 4.84. The van der Waals surface area contributed by atoms with E-state index in [0.29, 0.717) is 50.4 Å². The van der Waals surface area contributed by atoms with Crippen LogP contribution in [0.1, 0.15) is 36.1 Å². The zero-order chi connectivity index (χ0) is 26.4. The van der Waals surface area contributed by atoms with Crippen molar-refractivity contribution in [1.29, 1.82) is 0 Å². The molecule has 204 valence electrons. The van der Waals surface area contributed by atoms with E-state index < -0.39 is 17.2 Å². The summed E-state index contributed by atoms with van der Waals surface area (Å²) in [6, 6.07) is 1.26. The smallest absolute Gasteiger partial charge is 0.408 e. The number of hydrogen-bond acceptors (Lipinski definition) is 7. The van der Waals surface area contributed by atoms with E-state index in [9.17, 15) is 23.2 Å². The number of carbonyl (C=O) groups is 1. The Morgan fingerprint density at radius 3 is 2.95 bits per heavy atom. The van der Waals surface area contributed by atoms with Gasteiger partial charge in [-0.2, -0.15) is 13.2 Å². The number of fused-ring (bicyclic) bond motifs is 2. The number of aromatic nitrogens is 1. The highest BCUT2D eigenvalue weighted by atomic mass is 19.4. The van der Waals surface area contributed by atoms with E-state index in [-0.39, 0.29) is 49.1 Å². The number of rotatable bonds is 4. The molecule has 1 saturated carbocycles. The summed E-state index contributed by atoms with van der Waals surface area (Å²) in [5, 5.41) is 16.1. The highest BCUT2D eigenvalue weighted by molar-refractivity contribution is 5.87. The number of hydrogen-bond donors (Lipinski definition) is 3. The minimum Gasteiger partial charge on any atom is -0.408 e. The Balaban J connectivity index is 1.37. The van der Waals surface area contributed by atoms with Gasteiger partial charge in [-0.05, 0) is 36.8 Å². The van der Waals surface area contributed by atoms with Crippen LogP contribution in [-0.4, -0.2) is 90.0 Å². The molecule has 1 aromatic heterocycles. The number of ether oxygens (including phenoxy) is 2. The SMILES string of the molecule is CO[C@@H]1COCC[C@@H]1N[C@@H]1C[C@H]2CN(/C(N)=N/O)C[C@@]2(C(=O)N2CCc3ncc(C(F)(F)F)cc3C2)C1. The Bertz CT molecular complexity index is 1060. The topological polar surface area (TPSA) is 126 Å². The summed E-state index contributed by atoms with van der Waals surface area (Å²) in [6.45, 7) is 2.35. The van der Waals surface area contributed by atoms with Gasteiger partial charge in [0.05, 0.1) is 23.7 Å². The number of halogens is 3. The molecule has 4 N–H and O–H groups in total. The Hall–Kier alpha value is -2.64. The molecule has 3 aliphatic heterocycles. The molecule has 0 bridgehead atoms. The van der Waals surface area contributed by atoms with Crippen molar-refractivity contribution in [3.05, 3.63) is 29.1 Å². The fourth-order valence-electron chi connectivity index (χ4n) is 6.57. The van der Waals surface area contributed by atoms with Crippen molar-refractivity contribution in [1.82, 2.24) is 20.1 Å². The largest absolute Gasteiger partial charge is 0.417 e. The molecule has 4 aliphatic rings. The second-order valence-corrected chi connectivity index (χ2v) is 10.5. The maximum absolute atomic E-state index is 14.2. The first kappa shape index (κ1) is 26.0. The molecule has 5 rings (SSSR count). The zero-order valence-electron chi connectivity index (χ0n) is 20.7. The normalized spacial score (nSPS) is 32.4. The molecule has 0 spiro atoms. The summed E-state index contributed by atoms with van der Waals surface area (Å²) in [6.07, 6.45) is -1.27. The molecule has 1 aromatic rings. The van der Waals surface area contributed by atoms with Gasteiger partial charge < -0.3 is 35.5 Å². The first-order valence-corrected chi connectivity index (χ1v) is 12.6. The average molecular weight is 527 g/mol. The summed E-state index contributed by atoms with van der Waals surface area (Å²) in [7, 11) is 1.66. The van der Waals surface area contributed by atoms with E-state index in [0.717, 1.165) is 25.1 Å². The monoisotopic (exact) mass is 526 g/mol. The van der Waals surface area contributed by atoms with E-state index in [2.05, 4.69) is 15.5 Å². The van der Waals surface area contributed by atoms with Crippen molar-refractivity contribution in [2.24, 2.45) is 22.2 Å². The number of nitrogens with two attached hydrogens (primary N) is 1. The first-order chi connectivity index (χ1) is 17.6. The minimum atomic E-state index is -4.50. The van der Waals surface area contributed by atoms with Gasteiger partial charge in [-0.15, -0.1) is 0 Å². The lowest BCUT2D eigenvalue weighted by Crippen LogP contribution is -2.52. The molecular formula is C24H33F3N6O4. The highest BCUT2D eigenvalue weighted by Crippen LogP contribution is 2.50. The van der Waals surface area contributed by atoms with Gasteiger partial charge in [-0.25, -0.2) is 0 Å². The van der Waals surface area contributed by atoms with Gasteiger partial charge in [0.15, 0.2) is 0 Å². The standard InChI is InChI=1S/C24H33F3N6O4/c1-36-20-12-37-5-3-19(20)30-17-7-16-11-33(22(28)31-35)13-23(16,8-17)21(34)32-4-2-18-14(10-32)6-15(9-29-18)24(25,26)27/h6,9,16-17,19-20,30,35H,2-5,7-8,10-13H2,1H3,(H2,28,31)/t16-,17+,19-,20+,23-/m0/s1. The maximum atomic E-state index is 14.2. The number of guanidine groups is 1. The van der Waals surface area contributed by atoms with Gasteiger partial charge in [-0.3, -0.25) is 9.78 Å². The Morgan fingerprint density at radius 2 is 2.22 bits per heavy atom. The number of pyridine rings is 1. The lowest BCUT2D eigenvalue weighted by molar-refractivity contribution is -0.143. The predicted octanol–water partition coefficient (Wildman–Crippen LogP) is 1.16. The minimum absolute atomic E-state index is 0.0435. The molecule has 4 heterocycles. The fourth-order valence-corrected chi connectivity index (χ4v) is 6.57. The Labute approximate surface area is 212 Å². The molecule has 13 heteroatoms. The van der Waals surface area contributed by atoms with Crippen LogP contribution in [0.5, 0.6) is 0 Å². The van der Waals surface area contributed by atoms with Crippen LogP contribution in [0.3, 0.4) is 0 Å². The number of nitrogens with one attached hydrogen (secondary N) is 1. The first-order valence-electron chi connectivity index (χ1n) is 12.6. The van der Waals surface area contributed by atoms with Crippen LogP contribution in [0.2, 0.25) is 0 Å². The number of methoxy groups -OCH3 is 1. The number of nitrogens with zero attached hydrogens (tertiary/aromatic N) is 4. The van der Waals surface area contributed by atoms with Gasteiger partial charge in [0, 0.05) is 70.3 Å². The van der Waals surface area contributed by atoms with Crippen molar-refractivity contribution in [3.8, 4) is 0 Å². The zero-order valence-corrected chi connectivity index (χ0v) is 20.7. The summed E-state index contributed by atoms with van der Waals surface area (Å²) in [4.78, 5) is 21.5. The van der Waals surface area contributed by atoms with Crippen molar-refractivity contribution < 1.29 is 32.6 Å². The average Bonchev–Trinajstić information content (AvgIpc) is 3.41. The van der Waals surface area contributed by atoms with E-state index in [1.54, 1.807) is 16.9 Å². The number of oxime groups is 1. The molecule has 2 saturated heterocycles. The van der Waals surface area contributed by atoms with Gasteiger partial charge in [0.1, 0.15) is 0 Å². The number of carbonyl (C=O) groups excluding carboxylic acids is 1. The maximum Gasteiger partial charge on any atom is 0.417 e. The third-order valence-corrected chi connectivity index (χ3v) is 8.44. The molecular weight excluding hydrogens is 493 g/mol. The van der Waals surface area contributed by atoms with Gasteiger partial charge in [0.2, 0.25) is 11.9 Å². The lowest BCUT2D eigenvalue weighted by Gasteiger charge is -2.37. The van der Waals surface area contributed by atoms with Gasteiger partial charge in [-0.1, -0.05) is 5.16 Å². The van der Waals surface area contributed by atoms with E-state index in [1.807, 2.05) is 0 Å². The predicted molar refractivity (Wildman–Crippen MR) is 125 cm³/mol. The Kier molecular flexibility index (Phi) is 6.96. The Morgan fingerprint density at radius 1 is 1.41 bits per heavy atom. The number of alkyl halides is 3. The molecule has 37 heavy (non-hydrogen) atoms.